The zero-order chi connectivity index (χ0) is 69.7. The number of hydrogen-bond donors (Lipinski definition) is 5. The fourth-order valence-corrected chi connectivity index (χ4v) is 11.3. The second kappa shape index (κ2) is 37.8. The van der Waals surface area contributed by atoms with Gasteiger partial charge in [-0.15, -0.1) is 0 Å². The second-order valence-corrected chi connectivity index (χ2v) is 27.8. The first-order chi connectivity index (χ1) is 41.6. The summed E-state index contributed by atoms with van der Waals surface area (Å²) >= 11 is 0. The molecule has 0 saturated carbocycles. The molecule has 25 heteroatoms. The predicted octanol–water partition coefficient (Wildman–Crippen LogP) is 3.42. The van der Waals surface area contributed by atoms with Gasteiger partial charge in [-0.2, -0.15) is 0 Å². The average Bonchev–Trinajstić information content (AvgIpc) is 1.45. The highest BCUT2D eigenvalue weighted by atomic mass is 16.5. The van der Waals surface area contributed by atoms with Crippen LogP contribution in [0.1, 0.15) is 175 Å². The predicted molar refractivity (Wildman–Crippen MR) is 344 cm³/mol. The Morgan fingerprint density at radius 1 is 0.456 bits per heavy atom. The number of carbonyl (C=O) groups is 12. The third-order valence-electron chi connectivity index (χ3n) is 16.9. The third-order valence-corrected chi connectivity index (χ3v) is 16.9. The Balaban J connectivity index is 4.48. The van der Waals surface area contributed by atoms with E-state index in [9.17, 15) is 48.3 Å². The van der Waals surface area contributed by atoms with E-state index in [2.05, 4.69) is 21.3 Å². The van der Waals surface area contributed by atoms with Gasteiger partial charge >= 0.3 is 0 Å². The number of nitrogens with zero attached hydrogens (tertiary/aromatic N) is 7. The van der Waals surface area contributed by atoms with Crippen LogP contribution in [0.4, 0.5) is 0 Å². The van der Waals surface area contributed by atoms with E-state index in [0.717, 1.165) is 16.2 Å². The quantitative estimate of drug-likeness (QED) is 0.109. The van der Waals surface area contributed by atoms with Crippen molar-refractivity contribution in [3.8, 4) is 0 Å². The van der Waals surface area contributed by atoms with Crippen molar-refractivity contribution in [2.45, 2.75) is 248 Å². The van der Waals surface area contributed by atoms with Gasteiger partial charge in [0.15, 0.2) is 0 Å². The summed E-state index contributed by atoms with van der Waals surface area (Å²) in [6.07, 6.45) is -0.495. The molecule has 13 atom stereocenters. The Morgan fingerprint density at radius 2 is 0.833 bits per heavy atom. The molecule has 1 rings (SSSR count). The highest BCUT2D eigenvalue weighted by Gasteiger charge is 2.45. The Bertz CT molecular complexity index is 2420. The normalized spacial score (nSPS) is 26.3. The molecule has 90 heavy (non-hydrogen) atoms. The van der Waals surface area contributed by atoms with Gasteiger partial charge in [0.2, 0.25) is 65.0 Å². The maximum Gasteiger partial charge on any atom is 0.293 e. The van der Waals surface area contributed by atoms with E-state index in [4.69, 9.17) is 4.74 Å². The lowest BCUT2D eigenvalue weighted by atomic mass is 9.90. The van der Waals surface area contributed by atoms with Crippen molar-refractivity contribution in [2.75, 3.05) is 55.9 Å². The van der Waals surface area contributed by atoms with Gasteiger partial charge in [0.05, 0.1) is 12.6 Å². The summed E-state index contributed by atoms with van der Waals surface area (Å²) < 4.78 is 5.26. The molecule has 0 aromatic heterocycles. The second-order valence-electron chi connectivity index (χ2n) is 27.8. The third kappa shape index (κ3) is 24.0. The molecule has 0 aliphatic carbocycles. The van der Waals surface area contributed by atoms with Gasteiger partial charge in [0.1, 0.15) is 66.5 Å². The standard InChI is InChI=1S/C65H117N11O14/c1-25-26-27-42(14)55(79)54-59(83)69-53(45(17)90-35-77)65(89)70(18)34-52(78)71(19)49(31-39(8)9)62(86)75(23)50(32-40(10)11)63(87)73(21)47(29-37(4)5)57(81)66-43(15)56(80)67-44(16)60(84)72(20)48(30-38(6)7)58(82)68-46(28-36(2)3)61(85)74(22)51(33-41(12)13)64(88)76(54)24/h35-51,53-55,79H,25-34H2,1-24H3,(H,66,81)(H,67,80)(H,68,82)(H,69,83)/t42-,43+,44-,45?,46+,47+,48+,49+,50+,51+,53+,54+,55?/m1/s1. The Labute approximate surface area is 537 Å². The first kappa shape index (κ1) is 81.6. The van der Waals surface area contributed by atoms with Crippen molar-refractivity contribution in [3.05, 3.63) is 0 Å². The first-order valence-electron chi connectivity index (χ1n) is 32.4. The number of nitrogens with one attached hydrogen (secondary N) is 4. The van der Waals surface area contributed by atoms with Crippen molar-refractivity contribution in [1.29, 1.82) is 0 Å². The number of ether oxygens (including phenoxy) is 1. The number of rotatable bonds is 20. The molecule has 0 bridgehead atoms. The molecule has 1 heterocycles. The molecule has 25 nitrogen and oxygen atoms in total. The topological polar surface area (TPSA) is 305 Å². The summed E-state index contributed by atoms with van der Waals surface area (Å²) in [7, 11) is 9.69. The molecular weight excluding hydrogens is 1160 g/mol. The van der Waals surface area contributed by atoms with Crippen molar-refractivity contribution < 1.29 is 67.4 Å². The maximum atomic E-state index is 15.3. The fraction of sp³-hybridized carbons (Fsp3) is 0.815. The van der Waals surface area contributed by atoms with E-state index in [1.54, 1.807) is 6.92 Å². The zero-order valence-electron chi connectivity index (χ0n) is 59.0. The van der Waals surface area contributed by atoms with Crippen molar-refractivity contribution in [1.82, 2.24) is 55.6 Å². The van der Waals surface area contributed by atoms with E-state index >= 15 is 14.4 Å². The Morgan fingerprint density at radius 3 is 1.27 bits per heavy atom. The molecule has 1 aliphatic rings. The lowest BCUT2D eigenvalue weighted by molar-refractivity contribution is -0.155. The van der Waals surface area contributed by atoms with E-state index in [1.807, 2.05) is 90.0 Å². The largest absolute Gasteiger partial charge is 0.462 e. The van der Waals surface area contributed by atoms with Crippen LogP contribution in [0, 0.1) is 41.4 Å². The number of unbranched alkanes of at least 4 members (excludes halogenated alkanes) is 1. The lowest BCUT2D eigenvalue weighted by Crippen LogP contribution is -2.64. The molecule has 5 N–H and O–H groups in total. The lowest BCUT2D eigenvalue weighted by Gasteiger charge is -2.40. The minimum atomic E-state index is -1.73. The van der Waals surface area contributed by atoms with Crippen molar-refractivity contribution in [3.63, 3.8) is 0 Å². The van der Waals surface area contributed by atoms with Gasteiger partial charge in [-0.3, -0.25) is 57.5 Å². The zero-order valence-corrected chi connectivity index (χ0v) is 59.0. The summed E-state index contributed by atoms with van der Waals surface area (Å²) in [5.74, 6) is -9.81. The molecule has 0 spiro atoms. The molecular formula is C65H117N11O14. The van der Waals surface area contributed by atoms with E-state index in [0.29, 0.717) is 12.8 Å². The first-order valence-corrected chi connectivity index (χ1v) is 32.4. The monoisotopic (exact) mass is 1280 g/mol. The SMILES string of the molecule is CCCC[C@@H](C)C(O)[C@H]1C(=O)N[C@@H](C(C)OC=O)C(=O)N(C)CC(=O)N(C)[C@@H](CC(C)C)C(=O)N(C)[C@@H](CC(C)C)C(=O)N(C)[C@@H](CC(C)C)C(=O)N[C@@H](C)C(=O)N[C@H](C)C(=O)N(C)[C@@H](CC(C)C)C(=O)N[C@@H](CC(C)C)C(=O)N(C)[C@@H](CC(C)C)C(=O)N1C. The number of likely N-dealkylation sites (N-methyl/N-ethyl adjacent to an activating group) is 7. The molecule has 11 amide bonds. The molecule has 1 fully saturated rings. The summed E-state index contributed by atoms with van der Waals surface area (Å²) in [5.41, 5.74) is 0. The van der Waals surface area contributed by atoms with Crippen molar-refractivity contribution in [2.24, 2.45) is 41.4 Å². The summed E-state index contributed by atoms with van der Waals surface area (Å²) in [6, 6.07) is -13.2. The highest BCUT2D eigenvalue weighted by molar-refractivity contribution is 5.99. The molecule has 2 unspecified atom stereocenters. The van der Waals surface area contributed by atoms with E-state index in [1.165, 1.54) is 94.6 Å². The fourth-order valence-electron chi connectivity index (χ4n) is 11.3. The average molecular weight is 1280 g/mol. The van der Waals surface area contributed by atoms with Gasteiger partial charge in [-0.05, 0) is 107 Å². The van der Waals surface area contributed by atoms with Crippen LogP contribution in [0.5, 0.6) is 0 Å². The van der Waals surface area contributed by atoms with Crippen LogP contribution in [-0.2, 0) is 62.3 Å². The van der Waals surface area contributed by atoms with Gasteiger partial charge in [0, 0.05) is 49.3 Å². The molecule has 0 aromatic carbocycles. The van der Waals surface area contributed by atoms with Gasteiger partial charge < -0.3 is 65.4 Å². The van der Waals surface area contributed by atoms with E-state index < -0.39 is 150 Å². The van der Waals surface area contributed by atoms with Gasteiger partial charge in [-0.25, -0.2) is 0 Å². The highest BCUT2D eigenvalue weighted by Crippen LogP contribution is 2.26. The molecule has 1 saturated heterocycles. The smallest absolute Gasteiger partial charge is 0.293 e. The number of amides is 11. The van der Waals surface area contributed by atoms with Crippen LogP contribution in [-0.4, -0.2) is 239 Å². The van der Waals surface area contributed by atoms with Gasteiger partial charge in [-0.1, -0.05) is 110 Å². The molecule has 516 valence electrons. The van der Waals surface area contributed by atoms with Crippen LogP contribution >= 0.6 is 0 Å². The Hall–Kier alpha value is -6.40. The molecule has 1 aliphatic heterocycles. The van der Waals surface area contributed by atoms with Crippen LogP contribution in [0.2, 0.25) is 0 Å². The minimum Gasteiger partial charge on any atom is -0.462 e. The number of hydrogen-bond acceptors (Lipinski definition) is 14. The van der Waals surface area contributed by atoms with Gasteiger partial charge in [0.25, 0.3) is 6.47 Å². The minimum absolute atomic E-state index is 0.0490. The van der Waals surface area contributed by atoms with Crippen LogP contribution in [0.25, 0.3) is 0 Å². The van der Waals surface area contributed by atoms with E-state index in [-0.39, 0.29) is 80.5 Å². The van der Waals surface area contributed by atoms with Crippen LogP contribution in [0.15, 0.2) is 0 Å². The summed E-state index contributed by atoms with van der Waals surface area (Å²) in [4.78, 5) is 182. The molecule has 0 radical (unpaired) electrons. The summed E-state index contributed by atoms with van der Waals surface area (Å²) in [6.45, 7) is 29.5. The molecule has 0 aromatic rings. The number of aliphatic hydroxyl groups is 1. The van der Waals surface area contributed by atoms with Crippen LogP contribution < -0.4 is 21.3 Å². The Kier molecular flexibility index (Phi) is 34.3. The van der Waals surface area contributed by atoms with Crippen molar-refractivity contribution >= 4 is 71.5 Å². The maximum absolute atomic E-state index is 15.3. The number of aliphatic hydroxyl groups excluding tert-OH is 1. The summed E-state index contributed by atoms with van der Waals surface area (Å²) in [5, 5.41) is 23.1. The van der Waals surface area contributed by atoms with Crippen LogP contribution in [0.3, 0.4) is 0 Å². The number of carbonyl (C=O) groups excluding carboxylic acids is 12.